The van der Waals surface area contributed by atoms with Gasteiger partial charge in [-0.15, -0.1) is 0 Å². The fourth-order valence-corrected chi connectivity index (χ4v) is 2.83. The number of nitrogens with two attached hydrogens (primary N) is 1. The Kier molecular flexibility index (Phi) is 6.00. The smallest absolute Gasteiger partial charge is 0.129 e. The number of methoxy groups -OCH3 is 1. The summed E-state index contributed by atoms with van der Waals surface area (Å²) in [5.41, 5.74) is 8.19. The average Bonchev–Trinajstić information content (AvgIpc) is 3.32. The van der Waals surface area contributed by atoms with Crippen molar-refractivity contribution < 1.29 is 4.74 Å². The van der Waals surface area contributed by atoms with Crippen LogP contribution >= 0.6 is 0 Å². The number of nitrogens with zero attached hydrogens (tertiary/aromatic N) is 2. The summed E-state index contributed by atoms with van der Waals surface area (Å²) in [5.74, 6) is 1.87. The third-order valence-corrected chi connectivity index (χ3v) is 4.29. The van der Waals surface area contributed by atoms with Gasteiger partial charge in [0.2, 0.25) is 0 Å². The molecule has 1 aliphatic rings. The molecule has 1 saturated carbocycles. The molecule has 1 aromatic heterocycles. The second-order valence-electron chi connectivity index (χ2n) is 6.04. The van der Waals surface area contributed by atoms with E-state index in [0.717, 1.165) is 43.4 Å². The second-order valence-corrected chi connectivity index (χ2v) is 6.04. The van der Waals surface area contributed by atoms with Crippen molar-refractivity contribution in [1.29, 1.82) is 0 Å². The van der Waals surface area contributed by atoms with Crippen molar-refractivity contribution in [2.75, 3.05) is 25.2 Å². The standard InChI is InChI=1S/C17H29N3O/c1-4-5-16-10-14(12-18)11-17(19-16)20(8-9-21-3)13(2)15-6-7-15/h10-11,13,15H,4-9,12,18H2,1-3H3. The van der Waals surface area contributed by atoms with Gasteiger partial charge in [0.1, 0.15) is 5.82 Å². The van der Waals surface area contributed by atoms with Gasteiger partial charge in [0.05, 0.1) is 6.61 Å². The van der Waals surface area contributed by atoms with Crippen LogP contribution in [0.15, 0.2) is 12.1 Å². The number of aryl methyl sites for hydroxylation is 1. The van der Waals surface area contributed by atoms with Crippen molar-refractivity contribution in [2.24, 2.45) is 11.7 Å². The zero-order chi connectivity index (χ0) is 15.2. The van der Waals surface area contributed by atoms with Gasteiger partial charge in [-0.2, -0.15) is 0 Å². The molecule has 2 N–H and O–H groups in total. The van der Waals surface area contributed by atoms with Gasteiger partial charge in [-0.1, -0.05) is 13.3 Å². The topological polar surface area (TPSA) is 51.4 Å². The molecule has 0 spiro atoms. The summed E-state index contributed by atoms with van der Waals surface area (Å²) < 4.78 is 5.28. The van der Waals surface area contributed by atoms with Crippen molar-refractivity contribution >= 4 is 5.82 Å². The molecule has 0 saturated heterocycles. The Balaban J connectivity index is 2.25. The van der Waals surface area contributed by atoms with Gasteiger partial charge in [-0.25, -0.2) is 4.98 Å². The second kappa shape index (κ2) is 7.76. The third-order valence-electron chi connectivity index (χ3n) is 4.29. The van der Waals surface area contributed by atoms with E-state index in [1.165, 1.54) is 18.4 Å². The number of ether oxygens (including phenoxy) is 1. The van der Waals surface area contributed by atoms with Crippen LogP contribution in [0.3, 0.4) is 0 Å². The van der Waals surface area contributed by atoms with Crippen LogP contribution in [0, 0.1) is 5.92 Å². The van der Waals surface area contributed by atoms with E-state index in [1.807, 2.05) is 0 Å². The van der Waals surface area contributed by atoms with E-state index in [9.17, 15) is 0 Å². The molecular formula is C17H29N3O. The van der Waals surface area contributed by atoms with Gasteiger partial charge in [-0.3, -0.25) is 0 Å². The number of anilines is 1. The van der Waals surface area contributed by atoms with Crippen LogP contribution in [0.2, 0.25) is 0 Å². The highest BCUT2D eigenvalue weighted by Crippen LogP contribution is 2.36. The molecule has 0 bridgehead atoms. The molecule has 1 heterocycles. The zero-order valence-corrected chi connectivity index (χ0v) is 13.6. The van der Waals surface area contributed by atoms with Crippen LogP contribution in [0.5, 0.6) is 0 Å². The SMILES string of the molecule is CCCc1cc(CN)cc(N(CCOC)C(C)C2CC2)n1. The minimum atomic E-state index is 0.523. The van der Waals surface area contributed by atoms with Crippen molar-refractivity contribution in [2.45, 2.75) is 52.1 Å². The molecule has 2 rings (SSSR count). The highest BCUT2D eigenvalue weighted by Gasteiger charge is 2.32. The van der Waals surface area contributed by atoms with Crippen molar-refractivity contribution in [3.63, 3.8) is 0 Å². The molecule has 1 aromatic rings. The summed E-state index contributed by atoms with van der Waals surface area (Å²) in [6.45, 7) is 6.69. The van der Waals surface area contributed by atoms with Crippen LogP contribution in [-0.4, -0.2) is 31.3 Å². The summed E-state index contributed by atoms with van der Waals surface area (Å²) in [5, 5.41) is 0. The van der Waals surface area contributed by atoms with Crippen molar-refractivity contribution in [3.8, 4) is 0 Å². The van der Waals surface area contributed by atoms with Gasteiger partial charge < -0.3 is 15.4 Å². The molecule has 21 heavy (non-hydrogen) atoms. The normalized spacial score (nSPS) is 16.0. The van der Waals surface area contributed by atoms with Gasteiger partial charge in [0, 0.05) is 31.9 Å². The molecule has 0 radical (unpaired) electrons. The van der Waals surface area contributed by atoms with Gasteiger partial charge >= 0.3 is 0 Å². The van der Waals surface area contributed by atoms with Crippen molar-refractivity contribution in [3.05, 3.63) is 23.4 Å². The first kappa shape index (κ1) is 16.2. The van der Waals surface area contributed by atoms with E-state index in [-0.39, 0.29) is 0 Å². The number of hydrogen-bond donors (Lipinski definition) is 1. The van der Waals surface area contributed by atoms with Crippen LogP contribution < -0.4 is 10.6 Å². The van der Waals surface area contributed by atoms with E-state index >= 15 is 0 Å². The first-order valence-electron chi connectivity index (χ1n) is 8.15. The summed E-state index contributed by atoms with van der Waals surface area (Å²) in [6.07, 6.45) is 4.79. The quantitative estimate of drug-likeness (QED) is 0.760. The number of hydrogen-bond acceptors (Lipinski definition) is 4. The molecular weight excluding hydrogens is 262 g/mol. The third kappa shape index (κ3) is 4.42. The molecule has 1 atom stereocenters. The zero-order valence-electron chi connectivity index (χ0n) is 13.6. The average molecular weight is 291 g/mol. The van der Waals surface area contributed by atoms with E-state index in [1.54, 1.807) is 7.11 Å². The summed E-state index contributed by atoms with van der Waals surface area (Å²) >= 11 is 0. The van der Waals surface area contributed by atoms with E-state index in [0.29, 0.717) is 12.6 Å². The largest absolute Gasteiger partial charge is 0.383 e. The Labute approximate surface area is 128 Å². The minimum Gasteiger partial charge on any atom is -0.383 e. The Morgan fingerprint density at radius 3 is 2.76 bits per heavy atom. The lowest BCUT2D eigenvalue weighted by molar-refractivity contribution is 0.202. The summed E-state index contributed by atoms with van der Waals surface area (Å²) in [7, 11) is 1.76. The van der Waals surface area contributed by atoms with Gasteiger partial charge in [0.25, 0.3) is 0 Å². The van der Waals surface area contributed by atoms with Gasteiger partial charge in [0.15, 0.2) is 0 Å². The predicted octanol–water partition coefficient (Wildman–Crippen LogP) is 2.74. The first-order valence-corrected chi connectivity index (χ1v) is 8.15. The van der Waals surface area contributed by atoms with Crippen LogP contribution in [-0.2, 0) is 17.7 Å². The Morgan fingerprint density at radius 1 is 1.43 bits per heavy atom. The summed E-state index contributed by atoms with van der Waals surface area (Å²) in [6, 6.07) is 4.81. The van der Waals surface area contributed by atoms with E-state index < -0.39 is 0 Å². The Morgan fingerprint density at radius 2 is 2.19 bits per heavy atom. The highest BCUT2D eigenvalue weighted by atomic mass is 16.5. The molecule has 0 aromatic carbocycles. The molecule has 0 aliphatic heterocycles. The lowest BCUT2D eigenvalue weighted by Gasteiger charge is -2.31. The maximum atomic E-state index is 5.86. The van der Waals surface area contributed by atoms with E-state index in [4.69, 9.17) is 15.5 Å². The fraction of sp³-hybridized carbons (Fsp3) is 0.706. The van der Waals surface area contributed by atoms with Crippen molar-refractivity contribution in [1.82, 2.24) is 4.98 Å². The predicted molar refractivity (Wildman–Crippen MR) is 87.5 cm³/mol. The van der Waals surface area contributed by atoms with Crippen LogP contribution in [0.25, 0.3) is 0 Å². The molecule has 4 nitrogen and oxygen atoms in total. The molecule has 118 valence electrons. The number of pyridine rings is 1. The van der Waals surface area contributed by atoms with Crippen LogP contribution in [0.1, 0.15) is 44.4 Å². The Bertz CT molecular complexity index is 446. The minimum absolute atomic E-state index is 0.523. The number of aromatic nitrogens is 1. The van der Waals surface area contributed by atoms with Gasteiger partial charge in [-0.05, 0) is 49.8 Å². The fourth-order valence-electron chi connectivity index (χ4n) is 2.83. The first-order chi connectivity index (χ1) is 10.2. The maximum absolute atomic E-state index is 5.86. The maximum Gasteiger partial charge on any atom is 0.129 e. The van der Waals surface area contributed by atoms with Crippen LogP contribution in [0.4, 0.5) is 5.82 Å². The molecule has 1 aliphatic carbocycles. The molecule has 1 unspecified atom stereocenters. The lowest BCUT2D eigenvalue weighted by Crippen LogP contribution is -2.38. The molecule has 4 heteroatoms. The van der Waals surface area contributed by atoms with E-state index in [2.05, 4.69) is 30.9 Å². The molecule has 0 amide bonds. The monoisotopic (exact) mass is 291 g/mol. The number of rotatable bonds is 9. The Hall–Kier alpha value is -1.13. The summed E-state index contributed by atoms with van der Waals surface area (Å²) in [4.78, 5) is 7.27. The highest BCUT2D eigenvalue weighted by molar-refractivity contribution is 5.44. The lowest BCUT2D eigenvalue weighted by atomic mass is 10.1. The molecule has 1 fully saturated rings.